The highest BCUT2D eigenvalue weighted by molar-refractivity contribution is 8.14. The second-order valence-corrected chi connectivity index (χ2v) is 10.2. The minimum atomic E-state index is -0.893. The zero-order chi connectivity index (χ0) is 28.1. The first-order valence-electron chi connectivity index (χ1n) is 13.0. The number of rotatable bonds is 9. The summed E-state index contributed by atoms with van der Waals surface area (Å²) in [7, 11) is 1.58. The molecule has 3 aromatic rings. The molecule has 9 nitrogen and oxygen atoms in total. The topological polar surface area (TPSA) is 112 Å². The summed E-state index contributed by atoms with van der Waals surface area (Å²) in [5.41, 5.74) is 4.09. The van der Waals surface area contributed by atoms with Gasteiger partial charge in [-0.05, 0) is 42.3 Å². The van der Waals surface area contributed by atoms with Gasteiger partial charge < -0.3 is 15.4 Å². The van der Waals surface area contributed by atoms with Crippen molar-refractivity contribution in [3.63, 3.8) is 0 Å². The standard InChI is InChI=1S/C30H29N5O4S/c1-3-19-12-14-21(15-13-19)32-27(37)18-40-30-34-23-10-6-5-9-22(23)28-33-24(29(38)35(28)30)16-26(36)31-17-20-8-4-7-11-25(20)39-2/h4-15,24H,3,16-18H2,1-2H3,(H,31,36)(H,32,37)/t24-/m0/s1. The van der Waals surface area contributed by atoms with Crippen LogP contribution in [0.15, 0.2) is 82.8 Å². The van der Waals surface area contributed by atoms with Gasteiger partial charge in [0.1, 0.15) is 17.6 Å². The summed E-state index contributed by atoms with van der Waals surface area (Å²) in [5.74, 6) is 0.301. The van der Waals surface area contributed by atoms with Crippen molar-refractivity contribution < 1.29 is 19.1 Å². The molecule has 0 radical (unpaired) electrons. The van der Waals surface area contributed by atoms with Crippen LogP contribution in [0.4, 0.5) is 11.4 Å². The number of anilines is 1. The molecule has 10 heteroatoms. The number of nitrogens with one attached hydrogen (secondary N) is 2. The average molecular weight is 556 g/mol. The predicted molar refractivity (Wildman–Crippen MR) is 157 cm³/mol. The number of ether oxygens (including phenoxy) is 1. The Balaban J connectivity index is 1.26. The molecule has 5 rings (SSSR count). The van der Waals surface area contributed by atoms with Gasteiger partial charge in [0, 0.05) is 23.4 Å². The van der Waals surface area contributed by atoms with Crippen LogP contribution in [-0.4, -0.2) is 52.5 Å². The fraction of sp³-hybridized carbons (Fsp3) is 0.233. The summed E-state index contributed by atoms with van der Waals surface area (Å²) in [6.45, 7) is 2.34. The first-order chi connectivity index (χ1) is 19.5. The van der Waals surface area contributed by atoms with E-state index in [0.29, 0.717) is 33.7 Å². The summed E-state index contributed by atoms with van der Waals surface area (Å²) in [6, 6.07) is 21.6. The molecule has 2 aliphatic heterocycles. The molecule has 2 heterocycles. The lowest BCUT2D eigenvalue weighted by Gasteiger charge is -2.25. The van der Waals surface area contributed by atoms with Crippen LogP contribution in [0.2, 0.25) is 0 Å². The number of benzene rings is 3. The lowest BCUT2D eigenvalue weighted by molar-refractivity contribution is -0.128. The maximum Gasteiger partial charge on any atom is 0.259 e. The molecular formula is C30H29N5O4S. The number of aryl methyl sites for hydroxylation is 1. The van der Waals surface area contributed by atoms with Crippen molar-refractivity contribution in [2.75, 3.05) is 18.2 Å². The van der Waals surface area contributed by atoms with Crippen LogP contribution in [0, 0.1) is 0 Å². The molecule has 0 spiro atoms. The number of para-hydroxylation sites is 2. The van der Waals surface area contributed by atoms with Crippen LogP contribution in [-0.2, 0) is 27.3 Å². The van der Waals surface area contributed by atoms with Crippen LogP contribution < -0.4 is 15.4 Å². The number of carbonyl (C=O) groups excluding carboxylic acids is 3. The van der Waals surface area contributed by atoms with E-state index >= 15 is 0 Å². The number of methoxy groups -OCH3 is 1. The number of aliphatic imine (C=N–C) groups is 2. The van der Waals surface area contributed by atoms with Crippen molar-refractivity contribution in [3.8, 4) is 5.75 Å². The van der Waals surface area contributed by atoms with Gasteiger partial charge >= 0.3 is 0 Å². The Kier molecular flexibility index (Phi) is 8.26. The second kappa shape index (κ2) is 12.2. The van der Waals surface area contributed by atoms with Crippen LogP contribution >= 0.6 is 11.8 Å². The molecule has 3 amide bonds. The van der Waals surface area contributed by atoms with Crippen molar-refractivity contribution in [1.82, 2.24) is 10.2 Å². The number of thioether (sulfide) groups is 1. The van der Waals surface area contributed by atoms with E-state index in [0.717, 1.165) is 23.7 Å². The number of nitrogens with zero attached hydrogens (tertiary/aromatic N) is 3. The van der Waals surface area contributed by atoms with Gasteiger partial charge in [0.25, 0.3) is 5.91 Å². The first-order valence-corrected chi connectivity index (χ1v) is 14.0. The van der Waals surface area contributed by atoms with Crippen LogP contribution in [0.3, 0.4) is 0 Å². The Bertz CT molecular complexity index is 1500. The summed E-state index contributed by atoms with van der Waals surface area (Å²) in [4.78, 5) is 49.7. The smallest absolute Gasteiger partial charge is 0.259 e. The largest absolute Gasteiger partial charge is 0.496 e. The summed E-state index contributed by atoms with van der Waals surface area (Å²) in [6.07, 6.45) is 0.811. The van der Waals surface area contributed by atoms with Crippen LogP contribution in [0.1, 0.15) is 30.0 Å². The highest BCUT2D eigenvalue weighted by Crippen LogP contribution is 2.34. The number of amidine groups is 2. The average Bonchev–Trinajstić information content (AvgIpc) is 3.31. The van der Waals surface area contributed by atoms with Crippen molar-refractivity contribution in [2.45, 2.75) is 32.4 Å². The highest BCUT2D eigenvalue weighted by atomic mass is 32.2. The summed E-state index contributed by atoms with van der Waals surface area (Å²) in [5, 5.41) is 6.10. The number of hydrogen-bond donors (Lipinski definition) is 2. The van der Waals surface area contributed by atoms with Gasteiger partial charge in [-0.2, -0.15) is 0 Å². The third-order valence-corrected chi connectivity index (χ3v) is 7.51. The van der Waals surface area contributed by atoms with E-state index < -0.39 is 6.04 Å². The van der Waals surface area contributed by atoms with Crippen molar-refractivity contribution in [3.05, 3.63) is 89.5 Å². The normalized spacial score (nSPS) is 15.5. The fourth-order valence-electron chi connectivity index (χ4n) is 4.47. The van der Waals surface area contributed by atoms with E-state index in [2.05, 4.69) is 27.5 Å². The molecule has 40 heavy (non-hydrogen) atoms. The Labute approximate surface area is 236 Å². The molecule has 3 aromatic carbocycles. The third kappa shape index (κ3) is 5.91. The van der Waals surface area contributed by atoms with E-state index in [4.69, 9.17) is 4.74 Å². The molecule has 2 N–H and O–H groups in total. The van der Waals surface area contributed by atoms with E-state index in [1.165, 1.54) is 10.5 Å². The maximum absolute atomic E-state index is 13.5. The minimum Gasteiger partial charge on any atom is -0.496 e. The third-order valence-electron chi connectivity index (χ3n) is 6.57. The van der Waals surface area contributed by atoms with Gasteiger partial charge in [0.15, 0.2) is 5.17 Å². The van der Waals surface area contributed by atoms with Crippen LogP contribution in [0.5, 0.6) is 5.75 Å². The minimum absolute atomic E-state index is 0.0532. The van der Waals surface area contributed by atoms with Gasteiger partial charge in [0.05, 0.1) is 25.0 Å². The van der Waals surface area contributed by atoms with Crippen molar-refractivity contribution in [2.24, 2.45) is 9.98 Å². The zero-order valence-electron chi connectivity index (χ0n) is 22.2. The van der Waals surface area contributed by atoms with E-state index in [-0.39, 0.29) is 36.4 Å². The molecular weight excluding hydrogens is 526 g/mol. The maximum atomic E-state index is 13.5. The zero-order valence-corrected chi connectivity index (χ0v) is 23.0. The molecule has 2 aliphatic rings. The van der Waals surface area contributed by atoms with Crippen LogP contribution in [0.25, 0.3) is 0 Å². The van der Waals surface area contributed by atoms with Crippen molar-refractivity contribution in [1.29, 1.82) is 0 Å². The van der Waals surface area contributed by atoms with E-state index in [1.807, 2.05) is 72.8 Å². The number of fused-ring (bicyclic) bond motifs is 3. The van der Waals surface area contributed by atoms with Crippen molar-refractivity contribution >= 4 is 51.9 Å². The molecule has 0 aromatic heterocycles. The number of hydrogen-bond acceptors (Lipinski definition) is 7. The predicted octanol–water partition coefficient (Wildman–Crippen LogP) is 4.29. The molecule has 0 saturated carbocycles. The molecule has 204 valence electrons. The van der Waals surface area contributed by atoms with Gasteiger partial charge in [-0.3, -0.25) is 19.4 Å². The van der Waals surface area contributed by atoms with Gasteiger partial charge in [-0.15, -0.1) is 0 Å². The summed E-state index contributed by atoms with van der Waals surface area (Å²) < 4.78 is 5.34. The monoisotopic (exact) mass is 555 g/mol. The summed E-state index contributed by atoms with van der Waals surface area (Å²) >= 11 is 1.16. The lowest BCUT2D eigenvalue weighted by atomic mass is 10.1. The Morgan fingerprint density at radius 2 is 1.75 bits per heavy atom. The van der Waals surface area contributed by atoms with Gasteiger partial charge in [-0.25, -0.2) is 9.89 Å². The van der Waals surface area contributed by atoms with Gasteiger partial charge in [0.2, 0.25) is 11.8 Å². The quantitative estimate of drug-likeness (QED) is 0.409. The SMILES string of the molecule is CCc1ccc(NC(=O)CSC2=Nc3ccccc3C3=N[C@@H](CC(=O)NCc4ccccc4OC)C(=O)N23)cc1. The molecule has 0 saturated heterocycles. The molecule has 0 fully saturated rings. The number of amides is 3. The highest BCUT2D eigenvalue weighted by Gasteiger charge is 2.42. The Morgan fingerprint density at radius 3 is 2.52 bits per heavy atom. The first kappa shape index (κ1) is 27.1. The molecule has 0 bridgehead atoms. The molecule has 1 atom stereocenters. The number of carbonyl (C=O) groups is 3. The Hall–Kier alpha value is -4.44. The second-order valence-electron chi connectivity index (χ2n) is 9.23. The molecule has 0 unspecified atom stereocenters. The van der Waals surface area contributed by atoms with E-state index in [1.54, 1.807) is 7.11 Å². The fourth-order valence-corrected chi connectivity index (χ4v) is 5.27. The Morgan fingerprint density at radius 1 is 1.00 bits per heavy atom. The van der Waals surface area contributed by atoms with Gasteiger partial charge in [-0.1, -0.05) is 61.2 Å². The lowest BCUT2D eigenvalue weighted by Crippen LogP contribution is -2.42. The van der Waals surface area contributed by atoms with E-state index in [9.17, 15) is 14.4 Å². The molecule has 0 aliphatic carbocycles.